The minimum atomic E-state index is -0.888. The fourth-order valence-corrected chi connectivity index (χ4v) is 4.13. The molecule has 0 bridgehead atoms. The number of nitriles is 1. The first-order valence-corrected chi connectivity index (χ1v) is 11.2. The lowest BCUT2D eigenvalue weighted by molar-refractivity contribution is -0.0186. The van der Waals surface area contributed by atoms with Gasteiger partial charge in [0, 0.05) is 25.5 Å². The molecule has 3 rings (SSSR count). The highest BCUT2D eigenvalue weighted by Gasteiger charge is 2.31. The number of nitrogens with two attached hydrogens (primary N) is 1. The number of ether oxygens (including phenoxy) is 3. The minimum Gasteiger partial charge on any atom is -0.488 e. The standard InChI is InChI=1S/C25H32N4O4/c1-17(2)14-25(3,33-24(27)30)16-32-22-5-4-18(12-20(22)15-26)19-6-9-28-23(13-19)29-21-7-10-31-11-8-21/h4-6,9,12-13,17,21H,7-8,10-11,14,16H2,1-3H3,(H2,27,30)(H,28,29). The molecule has 3 N–H and O–H groups in total. The van der Waals surface area contributed by atoms with Gasteiger partial charge in [0.1, 0.15) is 29.8 Å². The molecule has 1 fully saturated rings. The van der Waals surface area contributed by atoms with Crippen LogP contribution in [0, 0.1) is 17.2 Å². The highest BCUT2D eigenvalue weighted by Crippen LogP contribution is 2.29. The second-order valence-corrected chi connectivity index (χ2v) is 9.04. The third-order valence-electron chi connectivity index (χ3n) is 5.49. The third-order valence-corrected chi connectivity index (χ3v) is 5.49. The van der Waals surface area contributed by atoms with Gasteiger partial charge < -0.3 is 25.3 Å². The van der Waals surface area contributed by atoms with Crippen LogP contribution >= 0.6 is 0 Å². The molecule has 8 nitrogen and oxygen atoms in total. The number of nitrogens with zero attached hydrogens (tertiary/aromatic N) is 2. The molecule has 0 radical (unpaired) electrons. The summed E-state index contributed by atoms with van der Waals surface area (Å²) in [6.45, 7) is 7.44. The number of benzene rings is 1. The number of amides is 1. The average molecular weight is 453 g/mol. The van der Waals surface area contributed by atoms with Gasteiger partial charge in [-0.3, -0.25) is 0 Å². The van der Waals surface area contributed by atoms with Gasteiger partial charge >= 0.3 is 6.09 Å². The van der Waals surface area contributed by atoms with E-state index in [0.717, 1.165) is 43.0 Å². The molecule has 1 amide bonds. The Bertz CT molecular complexity index is 998. The van der Waals surface area contributed by atoms with Gasteiger partial charge in [-0.05, 0) is 67.5 Å². The Kier molecular flexibility index (Phi) is 8.12. The Labute approximate surface area is 195 Å². The summed E-state index contributed by atoms with van der Waals surface area (Å²) in [7, 11) is 0. The van der Waals surface area contributed by atoms with Crippen LogP contribution in [0.5, 0.6) is 5.75 Å². The van der Waals surface area contributed by atoms with Gasteiger partial charge in [0.15, 0.2) is 0 Å². The van der Waals surface area contributed by atoms with Crippen molar-refractivity contribution in [1.29, 1.82) is 5.26 Å². The van der Waals surface area contributed by atoms with Crippen molar-refractivity contribution in [3.05, 3.63) is 42.1 Å². The molecule has 1 saturated heterocycles. The van der Waals surface area contributed by atoms with E-state index in [0.29, 0.717) is 23.8 Å². The third kappa shape index (κ3) is 7.09. The van der Waals surface area contributed by atoms with E-state index in [2.05, 4.69) is 16.4 Å². The normalized spacial score (nSPS) is 16.0. The second-order valence-electron chi connectivity index (χ2n) is 9.04. The van der Waals surface area contributed by atoms with E-state index in [1.165, 1.54) is 0 Å². The van der Waals surface area contributed by atoms with Crippen LogP contribution in [0.1, 0.15) is 45.6 Å². The van der Waals surface area contributed by atoms with Crippen molar-refractivity contribution >= 4 is 11.9 Å². The first-order chi connectivity index (χ1) is 15.8. The summed E-state index contributed by atoms with van der Waals surface area (Å²) in [4.78, 5) is 15.8. The van der Waals surface area contributed by atoms with Crippen molar-refractivity contribution in [3.63, 3.8) is 0 Å². The molecule has 1 aromatic heterocycles. The van der Waals surface area contributed by atoms with E-state index in [4.69, 9.17) is 19.9 Å². The molecule has 0 spiro atoms. The predicted molar refractivity (Wildman–Crippen MR) is 126 cm³/mol. The lowest BCUT2D eigenvalue weighted by Crippen LogP contribution is -2.41. The largest absolute Gasteiger partial charge is 0.488 e. The van der Waals surface area contributed by atoms with Gasteiger partial charge in [0.2, 0.25) is 0 Å². The highest BCUT2D eigenvalue weighted by molar-refractivity contribution is 5.69. The maximum Gasteiger partial charge on any atom is 0.405 e. The lowest BCUT2D eigenvalue weighted by atomic mass is 9.95. The van der Waals surface area contributed by atoms with Crippen LogP contribution in [0.3, 0.4) is 0 Å². The molecule has 0 saturated carbocycles. The van der Waals surface area contributed by atoms with E-state index in [9.17, 15) is 10.1 Å². The Balaban J connectivity index is 1.75. The van der Waals surface area contributed by atoms with Crippen LogP contribution < -0.4 is 15.8 Å². The fourth-order valence-electron chi connectivity index (χ4n) is 4.13. The topological polar surface area (TPSA) is 119 Å². The van der Waals surface area contributed by atoms with E-state index >= 15 is 0 Å². The highest BCUT2D eigenvalue weighted by atomic mass is 16.6. The van der Waals surface area contributed by atoms with Crippen molar-refractivity contribution in [2.75, 3.05) is 25.1 Å². The maximum absolute atomic E-state index is 11.4. The molecule has 33 heavy (non-hydrogen) atoms. The van der Waals surface area contributed by atoms with Crippen LogP contribution in [-0.4, -0.2) is 42.5 Å². The number of aromatic nitrogens is 1. The molecule has 1 aliphatic rings. The molecular formula is C25H32N4O4. The molecule has 1 aliphatic heterocycles. The number of anilines is 1. The first kappa shape index (κ1) is 24.3. The molecule has 1 atom stereocenters. The summed E-state index contributed by atoms with van der Waals surface area (Å²) in [5, 5.41) is 13.2. The van der Waals surface area contributed by atoms with Crippen LogP contribution in [0.2, 0.25) is 0 Å². The summed E-state index contributed by atoms with van der Waals surface area (Å²) in [6, 6.07) is 11.9. The van der Waals surface area contributed by atoms with Crippen molar-refractivity contribution in [3.8, 4) is 22.9 Å². The number of nitrogens with one attached hydrogen (secondary N) is 1. The van der Waals surface area contributed by atoms with Gasteiger partial charge in [-0.1, -0.05) is 19.9 Å². The molecule has 1 unspecified atom stereocenters. The Morgan fingerprint density at radius 2 is 2.03 bits per heavy atom. The van der Waals surface area contributed by atoms with Gasteiger partial charge in [0.05, 0.1) is 5.56 Å². The van der Waals surface area contributed by atoms with Crippen LogP contribution in [0.4, 0.5) is 10.6 Å². The Morgan fingerprint density at radius 3 is 2.70 bits per heavy atom. The number of primary amides is 1. The average Bonchev–Trinajstić information content (AvgIpc) is 2.77. The summed E-state index contributed by atoms with van der Waals surface area (Å²) in [5.41, 5.74) is 6.59. The molecule has 176 valence electrons. The monoisotopic (exact) mass is 452 g/mol. The van der Waals surface area contributed by atoms with Crippen LogP contribution in [-0.2, 0) is 9.47 Å². The maximum atomic E-state index is 11.4. The molecule has 1 aromatic carbocycles. The molecule has 8 heteroatoms. The van der Waals surface area contributed by atoms with E-state index in [-0.39, 0.29) is 12.5 Å². The Morgan fingerprint density at radius 1 is 1.30 bits per heavy atom. The number of hydrogen-bond acceptors (Lipinski definition) is 7. The van der Waals surface area contributed by atoms with E-state index < -0.39 is 11.7 Å². The van der Waals surface area contributed by atoms with Gasteiger partial charge in [0.25, 0.3) is 0 Å². The van der Waals surface area contributed by atoms with E-state index in [1.807, 2.05) is 32.0 Å². The number of pyridine rings is 1. The minimum absolute atomic E-state index is 0.0938. The first-order valence-electron chi connectivity index (χ1n) is 11.2. The van der Waals surface area contributed by atoms with Crippen molar-refractivity contribution in [2.24, 2.45) is 11.7 Å². The quantitative estimate of drug-likeness (QED) is 0.575. The predicted octanol–water partition coefficient (Wildman–Crippen LogP) is 4.49. The number of hydrogen-bond donors (Lipinski definition) is 2. The molecule has 0 aliphatic carbocycles. The molecular weight excluding hydrogens is 420 g/mol. The summed E-state index contributed by atoms with van der Waals surface area (Å²) < 4.78 is 16.7. The van der Waals surface area contributed by atoms with Crippen LogP contribution in [0.25, 0.3) is 11.1 Å². The second kappa shape index (κ2) is 11.0. The number of rotatable bonds is 9. The fraction of sp³-hybridized carbons (Fsp3) is 0.480. The Hall–Kier alpha value is -3.31. The SMILES string of the molecule is CC(C)CC(C)(COc1ccc(-c2ccnc(NC3CCOCC3)c2)cc1C#N)OC(N)=O. The van der Waals surface area contributed by atoms with Gasteiger partial charge in [-0.25, -0.2) is 9.78 Å². The molecule has 2 heterocycles. The smallest absolute Gasteiger partial charge is 0.405 e. The van der Waals surface area contributed by atoms with Gasteiger partial charge in [-0.15, -0.1) is 0 Å². The summed E-state index contributed by atoms with van der Waals surface area (Å²) >= 11 is 0. The van der Waals surface area contributed by atoms with Crippen molar-refractivity contribution in [1.82, 2.24) is 4.98 Å². The zero-order valence-corrected chi connectivity index (χ0v) is 19.5. The molecule has 2 aromatic rings. The lowest BCUT2D eigenvalue weighted by Gasteiger charge is -2.30. The number of carbonyl (C=O) groups is 1. The van der Waals surface area contributed by atoms with E-state index in [1.54, 1.807) is 25.3 Å². The van der Waals surface area contributed by atoms with Crippen molar-refractivity contribution < 1.29 is 19.0 Å². The summed E-state index contributed by atoms with van der Waals surface area (Å²) in [5.74, 6) is 1.50. The van der Waals surface area contributed by atoms with Crippen LogP contribution in [0.15, 0.2) is 36.5 Å². The summed E-state index contributed by atoms with van der Waals surface area (Å²) in [6.07, 6.45) is 3.39. The zero-order valence-electron chi connectivity index (χ0n) is 19.5. The van der Waals surface area contributed by atoms with Gasteiger partial charge in [-0.2, -0.15) is 5.26 Å². The van der Waals surface area contributed by atoms with Crippen molar-refractivity contribution in [2.45, 2.75) is 51.7 Å². The zero-order chi connectivity index (χ0) is 23.8. The number of carbonyl (C=O) groups excluding carboxylic acids is 1.